The zero-order valence-electron chi connectivity index (χ0n) is 11.0. The second kappa shape index (κ2) is 8.31. The van der Waals surface area contributed by atoms with E-state index >= 15 is 0 Å². The summed E-state index contributed by atoms with van der Waals surface area (Å²) in [7, 11) is 0. The molecule has 2 N–H and O–H groups in total. The summed E-state index contributed by atoms with van der Waals surface area (Å²) in [4.78, 5) is 0. The van der Waals surface area contributed by atoms with Crippen molar-refractivity contribution < 1.29 is 5.11 Å². The van der Waals surface area contributed by atoms with Crippen LogP contribution in [0.4, 0.5) is 0 Å². The van der Waals surface area contributed by atoms with Gasteiger partial charge in [0.15, 0.2) is 0 Å². The molecular weight excluding hydrogens is 198 g/mol. The van der Waals surface area contributed by atoms with Crippen LogP contribution in [0.15, 0.2) is 30.3 Å². The minimum absolute atomic E-state index is 0.485. The summed E-state index contributed by atoms with van der Waals surface area (Å²) in [6.07, 6.45) is 0.765. The number of benzene rings is 1. The highest BCUT2D eigenvalue weighted by Crippen LogP contribution is 2.16. The second-order valence-electron chi connectivity index (χ2n) is 3.49. The van der Waals surface area contributed by atoms with Gasteiger partial charge in [0.2, 0.25) is 0 Å². The van der Waals surface area contributed by atoms with Gasteiger partial charge in [0.25, 0.3) is 0 Å². The van der Waals surface area contributed by atoms with E-state index in [0.717, 1.165) is 19.5 Å². The predicted octanol–water partition coefficient (Wildman–Crippen LogP) is 2.62. The quantitative estimate of drug-likeness (QED) is 0.808. The number of rotatable bonds is 2. The Morgan fingerprint density at radius 3 is 1.94 bits per heavy atom. The molecule has 0 aromatic heterocycles. The molecule has 0 unspecified atom stereocenters. The Morgan fingerprint density at radius 2 is 1.56 bits per heavy atom. The van der Waals surface area contributed by atoms with E-state index in [-0.39, 0.29) is 0 Å². The van der Waals surface area contributed by atoms with Crippen LogP contribution in [0.1, 0.15) is 33.3 Å². The van der Waals surface area contributed by atoms with Crippen LogP contribution in [0, 0.1) is 0 Å². The van der Waals surface area contributed by atoms with Gasteiger partial charge in [-0.15, -0.1) is 0 Å². The summed E-state index contributed by atoms with van der Waals surface area (Å²) in [5.41, 5.74) is 0.725. The lowest BCUT2D eigenvalue weighted by Gasteiger charge is -2.37. The maximum atomic E-state index is 9.80. The summed E-state index contributed by atoms with van der Waals surface area (Å²) in [5, 5.41) is 12.9. The van der Waals surface area contributed by atoms with Gasteiger partial charge in [-0.3, -0.25) is 0 Å². The molecule has 2 heteroatoms. The van der Waals surface area contributed by atoms with E-state index in [1.165, 1.54) is 5.56 Å². The Hall–Kier alpha value is -0.860. The van der Waals surface area contributed by atoms with Crippen LogP contribution in [0.5, 0.6) is 0 Å². The molecule has 1 aliphatic heterocycles. The Kier molecular flexibility index (Phi) is 7.86. The molecule has 1 aliphatic rings. The number of β-amino-alcohol motifs (C(OH)–C–C–N with tert-alkyl or cyclic N) is 1. The summed E-state index contributed by atoms with van der Waals surface area (Å²) in [6.45, 7) is 9.45. The molecule has 0 bridgehead atoms. The van der Waals surface area contributed by atoms with Crippen molar-refractivity contribution in [3.05, 3.63) is 35.9 Å². The van der Waals surface area contributed by atoms with Crippen LogP contribution in [-0.2, 0) is 6.42 Å². The molecule has 2 rings (SSSR count). The Bertz CT molecular complexity index is 255. The van der Waals surface area contributed by atoms with Crippen LogP contribution in [-0.4, -0.2) is 23.8 Å². The van der Waals surface area contributed by atoms with Crippen molar-refractivity contribution in [1.29, 1.82) is 0 Å². The van der Waals surface area contributed by atoms with Crippen molar-refractivity contribution in [2.24, 2.45) is 0 Å². The Labute approximate surface area is 99.7 Å². The average Bonchev–Trinajstić information content (AvgIpc) is 2.34. The zero-order valence-corrected chi connectivity index (χ0v) is 11.0. The maximum Gasteiger partial charge on any atom is 0.0935 e. The van der Waals surface area contributed by atoms with E-state index in [1.54, 1.807) is 0 Å². The van der Waals surface area contributed by atoms with Crippen molar-refractivity contribution in [3.63, 3.8) is 0 Å². The molecule has 0 aliphatic carbocycles. The minimum Gasteiger partial charge on any atom is -0.387 e. The molecule has 1 aromatic carbocycles. The third kappa shape index (κ3) is 4.77. The monoisotopic (exact) mass is 223 g/mol. The normalized spacial score (nSPS) is 15.8. The number of hydrogen-bond donors (Lipinski definition) is 2. The van der Waals surface area contributed by atoms with Crippen LogP contribution >= 0.6 is 0 Å². The number of aliphatic hydroxyl groups is 1. The standard InChI is InChI=1S/C10H13NO.2C2H6/c12-10(7-11-8-10)6-9-4-2-1-3-5-9;2*1-2/h1-5,11-12H,6-8H2;2*1-2H3. The smallest absolute Gasteiger partial charge is 0.0935 e. The van der Waals surface area contributed by atoms with E-state index in [2.05, 4.69) is 17.4 Å². The highest BCUT2D eigenvalue weighted by molar-refractivity contribution is 5.18. The van der Waals surface area contributed by atoms with Crippen molar-refractivity contribution in [3.8, 4) is 0 Å². The third-order valence-corrected chi connectivity index (χ3v) is 2.28. The molecule has 92 valence electrons. The summed E-state index contributed by atoms with van der Waals surface area (Å²) in [5.74, 6) is 0. The molecule has 0 atom stereocenters. The van der Waals surface area contributed by atoms with E-state index in [4.69, 9.17) is 0 Å². The first-order valence-corrected chi connectivity index (χ1v) is 6.26. The lowest BCUT2D eigenvalue weighted by atomic mass is 9.89. The fourth-order valence-electron chi connectivity index (χ4n) is 1.51. The van der Waals surface area contributed by atoms with Gasteiger partial charge in [-0.05, 0) is 5.56 Å². The second-order valence-corrected chi connectivity index (χ2v) is 3.49. The molecule has 1 aromatic rings. The van der Waals surface area contributed by atoms with Gasteiger partial charge >= 0.3 is 0 Å². The zero-order chi connectivity index (χ0) is 12.4. The minimum atomic E-state index is -0.485. The molecule has 0 amide bonds. The average molecular weight is 223 g/mol. The molecule has 0 saturated carbocycles. The Morgan fingerprint density at radius 1 is 1.06 bits per heavy atom. The Balaban J connectivity index is 0.000000509. The molecule has 1 fully saturated rings. The van der Waals surface area contributed by atoms with Crippen LogP contribution in [0.2, 0.25) is 0 Å². The largest absolute Gasteiger partial charge is 0.387 e. The predicted molar refractivity (Wildman–Crippen MR) is 70.7 cm³/mol. The van der Waals surface area contributed by atoms with Crippen LogP contribution < -0.4 is 5.32 Å². The first-order valence-electron chi connectivity index (χ1n) is 6.26. The SMILES string of the molecule is CC.CC.OC1(Cc2ccccc2)CNC1. The van der Waals surface area contributed by atoms with Gasteiger partial charge in [0.1, 0.15) is 0 Å². The van der Waals surface area contributed by atoms with Gasteiger partial charge in [0, 0.05) is 19.5 Å². The molecule has 0 spiro atoms. The lowest BCUT2D eigenvalue weighted by Crippen LogP contribution is -2.60. The first-order chi connectivity index (χ1) is 7.79. The summed E-state index contributed by atoms with van der Waals surface area (Å²) < 4.78 is 0. The van der Waals surface area contributed by atoms with Gasteiger partial charge in [-0.2, -0.15) is 0 Å². The highest BCUT2D eigenvalue weighted by atomic mass is 16.3. The molecule has 0 radical (unpaired) electrons. The van der Waals surface area contributed by atoms with Crippen molar-refractivity contribution in [2.75, 3.05) is 13.1 Å². The molecule has 16 heavy (non-hydrogen) atoms. The van der Waals surface area contributed by atoms with Crippen molar-refractivity contribution in [2.45, 2.75) is 39.7 Å². The highest BCUT2D eigenvalue weighted by Gasteiger charge is 2.33. The van der Waals surface area contributed by atoms with E-state index in [1.807, 2.05) is 45.9 Å². The topological polar surface area (TPSA) is 32.3 Å². The van der Waals surface area contributed by atoms with Crippen LogP contribution in [0.3, 0.4) is 0 Å². The van der Waals surface area contributed by atoms with E-state index in [0.29, 0.717) is 0 Å². The molecule has 2 nitrogen and oxygen atoms in total. The summed E-state index contributed by atoms with van der Waals surface area (Å²) >= 11 is 0. The van der Waals surface area contributed by atoms with Crippen molar-refractivity contribution in [1.82, 2.24) is 5.32 Å². The van der Waals surface area contributed by atoms with E-state index < -0.39 is 5.60 Å². The lowest BCUT2D eigenvalue weighted by molar-refractivity contribution is -0.00901. The summed E-state index contributed by atoms with van der Waals surface area (Å²) in [6, 6.07) is 10.1. The number of nitrogens with one attached hydrogen (secondary N) is 1. The van der Waals surface area contributed by atoms with Crippen molar-refractivity contribution >= 4 is 0 Å². The first kappa shape index (κ1) is 15.1. The fourth-order valence-corrected chi connectivity index (χ4v) is 1.51. The van der Waals surface area contributed by atoms with Gasteiger partial charge in [-0.1, -0.05) is 58.0 Å². The molecule has 1 saturated heterocycles. The van der Waals surface area contributed by atoms with E-state index in [9.17, 15) is 5.11 Å². The van der Waals surface area contributed by atoms with Gasteiger partial charge in [-0.25, -0.2) is 0 Å². The number of hydrogen-bond acceptors (Lipinski definition) is 2. The molecule has 1 heterocycles. The van der Waals surface area contributed by atoms with Crippen LogP contribution in [0.25, 0.3) is 0 Å². The molecular formula is C14H25NO. The third-order valence-electron chi connectivity index (χ3n) is 2.28. The van der Waals surface area contributed by atoms with Gasteiger partial charge in [0.05, 0.1) is 5.60 Å². The maximum absolute atomic E-state index is 9.80. The van der Waals surface area contributed by atoms with Gasteiger partial charge < -0.3 is 10.4 Å². The fraction of sp³-hybridized carbons (Fsp3) is 0.571.